The highest BCUT2D eigenvalue weighted by molar-refractivity contribution is 5.79. The van der Waals surface area contributed by atoms with E-state index in [9.17, 15) is 4.79 Å². The maximum Gasteiger partial charge on any atom is 0.249 e. The van der Waals surface area contributed by atoms with E-state index in [4.69, 9.17) is 14.2 Å². The fraction of sp³-hybridized carbons (Fsp3) is 0.862. The molecule has 5 fully saturated rings. The van der Waals surface area contributed by atoms with E-state index >= 15 is 0 Å². The minimum absolute atomic E-state index is 0. The van der Waals surface area contributed by atoms with E-state index in [1.54, 1.807) is 0 Å². The molecular formula is C65H127N5O4. The monoisotopic (exact) mass is 1040 g/mol. The van der Waals surface area contributed by atoms with Crippen molar-refractivity contribution < 1.29 is 19.0 Å². The third-order valence-corrected chi connectivity index (χ3v) is 14.9. The van der Waals surface area contributed by atoms with Gasteiger partial charge in [-0.1, -0.05) is 124 Å². The lowest BCUT2D eigenvalue weighted by Gasteiger charge is -2.52. The number of amides is 1. The fourth-order valence-electron chi connectivity index (χ4n) is 11.6. The van der Waals surface area contributed by atoms with Crippen molar-refractivity contribution in [2.45, 2.75) is 312 Å². The van der Waals surface area contributed by atoms with Gasteiger partial charge < -0.3 is 38.7 Å². The summed E-state index contributed by atoms with van der Waals surface area (Å²) in [5.74, 6) is 1.75. The summed E-state index contributed by atoms with van der Waals surface area (Å²) in [6.45, 7) is 86.1. The molecule has 9 heteroatoms. The van der Waals surface area contributed by atoms with Crippen LogP contribution in [-0.4, -0.2) is 115 Å². The largest absolute Gasteiger partial charge is 0.479 e. The van der Waals surface area contributed by atoms with Gasteiger partial charge in [0.15, 0.2) is 11.8 Å². The number of ether oxygens (including phenoxy) is 3. The summed E-state index contributed by atoms with van der Waals surface area (Å²) < 4.78 is 16.5. The Hall–Kier alpha value is -2.81. The smallest absolute Gasteiger partial charge is 0.249 e. The first kappa shape index (κ1) is 71.2. The molecule has 74 heavy (non-hydrogen) atoms. The Morgan fingerprint density at radius 2 is 0.689 bits per heavy atom. The maximum absolute atomic E-state index is 11.9. The first-order valence-corrected chi connectivity index (χ1v) is 28.3. The molecule has 0 bridgehead atoms. The lowest BCUT2D eigenvalue weighted by molar-refractivity contribution is -0.162. The summed E-state index contributed by atoms with van der Waals surface area (Å²) in [6, 6.07) is 2.39. The zero-order chi connectivity index (χ0) is 57.9. The zero-order valence-corrected chi connectivity index (χ0v) is 54.2. The Balaban J connectivity index is 0.000000897. The molecule has 0 aromatic rings. The molecule has 5 unspecified atom stereocenters. The molecule has 0 N–H and O–H groups in total. The minimum atomic E-state index is -0.126. The molecule has 5 heterocycles. The van der Waals surface area contributed by atoms with Gasteiger partial charge in [0, 0.05) is 63.6 Å². The van der Waals surface area contributed by atoms with Crippen LogP contribution in [-0.2, 0) is 19.0 Å². The van der Waals surface area contributed by atoms with Gasteiger partial charge in [0.05, 0.1) is 25.3 Å². The van der Waals surface area contributed by atoms with E-state index < -0.39 is 0 Å². The molecule has 0 aliphatic carbocycles. The molecule has 0 aromatic carbocycles. The second-order valence-corrected chi connectivity index (χ2v) is 32.3. The van der Waals surface area contributed by atoms with Crippen LogP contribution in [0.5, 0.6) is 0 Å². The number of piperidine rings is 1. The zero-order valence-electron chi connectivity index (χ0n) is 54.2. The molecule has 5 aliphatic heterocycles. The van der Waals surface area contributed by atoms with Gasteiger partial charge in [-0.15, -0.1) is 0 Å². The first-order valence-electron chi connectivity index (χ1n) is 28.3. The van der Waals surface area contributed by atoms with Crippen LogP contribution in [0.25, 0.3) is 0 Å². The molecule has 0 aromatic heterocycles. The molecule has 5 aliphatic rings. The fourth-order valence-corrected chi connectivity index (χ4v) is 11.6. The Kier molecular flexibility index (Phi) is 24.4. The highest BCUT2D eigenvalue weighted by Crippen LogP contribution is 2.43. The van der Waals surface area contributed by atoms with Crippen molar-refractivity contribution >= 4 is 5.91 Å². The molecule has 9 nitrogen and oxygen atoms in total. The van der Waals surface area contributed by atoms with Gasteiger partial charge in [-0.25, -0.2) is 0 Å². The molecule has 5 atom stereocenters. The second-order valence-electron chi connectivity index (χ2n) is 32.3. The number of morpholine rings is 1. The predicted molar refractivity (Wildman–Crippen MR) is 323 cm³/mol. The highest BCUT2D eigenvalue weighted by atomic mass is 16.5. The molecule has 1 amide bonds. The third kappa shape index (κ3) is 20.5. The van der Waals surface area contributed by atoms with E-state index in [1.165, 1.54) is 43.5 Å². The van der Waals surface area contributed by atoms with E-state index in [1.807, 2.05) is 4.90 Å². The standard InChI is InChI=1S/C14H27N.C13H25NO.C13H25N.C12H23NO2.C12H23NO.CH4/c1-11-9-8-10-12(13(2,3)4)15(11)14(5,6)7;1-10-14(13(5,6)7)11(8-9-15-10)12(2,3)4;1-10-8-9-11(12(2,3)4)14(10)13(5,6)7;1-11(2,3)9-7-15-8-10(14)13(9)12(4,5)6;1-9-13(12(5,6)7)10(8-14-9)11(2,3)4;/h12H,1,8-10H2,2-7H3;11H,1,8-9H2,2-7H3;11H,1,8-9H2,2-7H3;9H,7-8H2,1-6H3;10H,1,8H2,2-7H3;1H4. The van der Waals surface area contributed by atoms with Crippen molar-refractivity contribution in [2.75, 3.05) is 26.4 Å². The van der Waals surface area contributed by atoms with Crippen LogP contribution in [0, 0.1) is 27.1 Å². The molecule has 436 valence electrons. The average Bonchev–Trinajstić information content (AvgIpc) is 3.77. The van der Waals surface area contributed by atoms with E-state index in [2.05, 4.69) is 254 Å². The first-order chi connectivity index (χ1) is 32.2. The number of likely N-dealkylation sites (tertiary alicyclic amines) is 2. The third-order valence-electron chi connectivity index (χ3n) is 14.9. The van der Waals surface area contributed by atoms with Gasteiger partial charge in [0.25, 0.3) is 0 Å². The van der Waals surface area contributed by atoms with Gasteiger partial charge in [-0.05, 0) is 176 Å². The van der Waals surface area contributed by atoms with Crippen LogP contribution in [0.1, 0.15) is 254 Å². The molecule has 0 saturated carbocycles. The molecule has 5 rings (SSSR count). The number of allylic oxidation sites excluding steroid dienone is 2. The summed E-state index contributed by atoms with van der Waals surface area (Å²) in [7, 11) is 0. The van der Waals surface area contributed by atoms with Crippen LogP contribution in [0.2, 0.25) is 0 Å². The quantitative estimate of drug-likeness (QED) is 0.238. The van der Waals surface area contributed by atoms with Crippen LogP contribution >= 0.6 is 0 Å². The Morgan fingerprint density at radius 1 is 0.378 bits per heavy atom. The Morgan fingerprint density at radius 3 is 1.00 bits per heavy atom. The maximum atomic E-state index is 11.9. The summed E-state index contributed by atoms with van der Waals surface area (Å²) in [5.41, 5.74) is 4.35. The van der Waals surface area contributed by atoms with Crippen LogP contribution in [0.15, 0.2) is 49.5 Å². The van der Waals surface area contributed by atoms with Crippen molar-refractivity contribution in [1.82, 2.24) is 24.5 Å². The Labute approximate surface area is 462 Å². The normalized spacial score (nSPS) is 24.0. The molecule has 5 saturated heterocycles. The predicted octanol–water partition coefficient (Wildman–Crippen LogP) is 17.1. The summed E-state index contributed by atoms with van der Waals surface area (Å²) in [4.78, 5) is 23.6. The minimum Gasteiger partial charge on any atom is -0.479 e. The molecule has 0 radical (unpaired) electrons. The number of carbonyl (C=O) groups is 1. The van der Waals surface area contributed by atoms with Crippen LogP contribution < -0.4 is 0 Å². The molecular weight excluding hydrogens is 915 g/mol. The van der Waals surface area contributed by atoms with Gasteiger partial charge in [-0.2, -0.15) is 0 Å². The number of carbonyl (C=O) groups excluding carboxylic acids is 1. The van der Waals surface area contributed by atoms with Gasteiger partial charge >= 0.3 is 0 Å². The van der Waals surface area contributed by atoms with Crippen LogP contribution in [0.4, 0.5) is 0 Å². The molecule has 0 spiro atoms. The topological polar surface area (TPSA) is 61.0 Å². The van der Waals surface area contributed by atoms with E-state index in [-0.39, 0.29) is 69.9 Å². The number of hydrogen-bond acceptors (Lipinski definition) is 8. The van der Waals surface area contributed by atoms with E-state index in [0.29, 0.717) is 41.6 Å². The number of rotatable bonds is 0. The van der Waals surface area contributed by atoms with Crippen LogP contribution in [0.3, 0.4) is 0 Å². The average molecular weight is 1040 g/mol. The summed E-state index contributed by atoms with van der Waals surface area (Å²) >= 11 is 0. The highest BCUT2D eigenvalue weighted by Gasteiger charge is 2.45. The Bertz CT molecular complexity index is 1630. The van der Waals surface area contributed by atoms with Crippen molar-refractivity contribution in [3.63, 3.8) is 0 Å². The SMILES string of the molecule is C.C=C1CCC(C(C)(C)C)N1C(C)(C)C.C=C1CCCC(C(C)(C)C)N1C(C)(C)C.C=C1OCC(C(C)(C)C)N1C(C)(C)C.C=C1OCCC(C(C)(C)C)N1C(C)(C)C.CC(C)(C)C1COCC(=O)N1C(C)(C)C. The van der Waals surface area contributed by atoms with Gasteiger partial charge in [-0.3, -0.25) is 4.79 Å². The van der Waals surface area contributed by atoms with Crippen molar-refractivity contribution in [1.29, 1.82) is 0 Å². The summed E-state index contributed by atoms with van der Waals surface area (Å²) in [6.07, 6.45) is 7.29. The van der Waals surface area contributed by atoms with Crippen molar-refractivity contribution in [3.8, 4) is 0 Å². The van der Waals surface area contributed by atoms with Gasteiger partial charge in [0.2, 0.25) is 5.91 Å². The van der Waals surface area contributed by atoms with E-state index in [0.717, 1.165) is 31.4 Å². The van der Waals surface area contributed by atoms with Crippen molar-refractivity contribution in [2.24, 2.45) is 27.1 Å². The second kappa shape index (κ2) is 25.3. The lowest BCUT2D eigenvalue weighted by Crippen LogP contribution is -2.61. The van der Waals surface area contributed by atoms with Gasteiger partial charge in [0.1, 0.15) is 13.2 Å². The lowest BCUT2D eigenvalue weighted by atomic mass is 9.78. The van der Waals surface area contributed by atoms with Crippen molar-refractivity contribution in [3.05, 3.63) is 49.5 Å². The number of nitrogens with zero attached hydrogens (tertiary/aromatic N) is 5. The summed E-state index contributed by atoms with van der Waals surface area (Å²) in [5, 5.41) is 0. The number of hydrogen-bond donors (Lipinski definition) is 0.